The van der Waals surface area contributed by atoms with Crippen molar-refractivity contribution < 1.29 is 0 Å². The minimum atomic E-state index is 0.622. The van der Waals surface area contributed by atoms with E-state index in [1.165, 1.54) is 11.8 Å². The van der Waals surface area contributed by atoms with Gasteiger partial charge in [-0.05, 0) is 18.2 Å². The van der Waals surface area contributed by atoms with E-state index in [9.17, 15) is 5.26 Å². The number of rotatable bonds is 3. The van der Waals surface area contributed by atoms with E-state index < -0.39 is 0 Å². The molecule has 2 rings (SSSR count). The molecule has 1 aromatic carbocycles. The second-order valence-corrected chi connectivity index (χ2v) is 4.99. The molecule has 0 aliphatic rings. The van der Waals surface area contributed by atoms with Gasteiger partial charge in [-0.1, -0.05) is 30.0 Å². The quantitative estimate of drug-likeness (QED) is 0.844. The van der Waals surface area contributed by atoms with Crippen LogP contribution in [0.15, 0.2) is 52.5 Å². The molecule has 0 saturated carbocycles. The van der Waals surface area contributed by atoms with Crippen LogP contribution in [-0.4, -0.2) is 19.1 Å². The Labute approximate surface area is 111 Å². The predicted molar refractivity (Wildman–Crippen MR) is 73.8 cm³/mol. The first-order chi connectivity index (χ1) is 8.72. The van der Waals surface area contributed by atoms with E-state index in [2.05, 4.69) is 11.1 Å². The van der Waals surface area contributed by atoms with E-state index >= 15 is 0 Å². The summed E-state index contributed by atoms with van der Waals surface area (Å²) >= 11 is 1.51. The third-order valence-electron chi connectivity index (χ3n) is 2.45. The number of hydrogen-bond donors (Lipinski definition) is 0. The van der Waals surface area contributed by atoms with Gasteiger partial charge in [0.2, 0.25) is 0 Å². The van der Waals surface area contributed by atoms with Crippen molar-refractivity contribution in [1.29, 1.82) is 5.26 Å². The summed E-state index contributed by atoms with van der Waals surface area (Å²) < 4.78 is 0. The van der Waals surface area contributed by atoms with Crippen molar-refractivity contribution in [3.05, 3.63) is 48.2 Å². The zero-order valence-corrected chi connectivity index (χ0v) is 11.1. The van der Waals surface area contributed by atoms with Crippen LogP contribution in [0.25, 0.3) is 0 Å². The topological polar surface area (TPSA) is 39.9 Å². The minimum Gasteiger partial charge on any atom is -0.376 e. The van der Waals surface area contributed by atoms with Crippen LogP contribution in [0.5, 0.6) is 0 Å². The van der Waals surface area contributed by atoms with Crippen molar-refractivity contribution in [2.45, 2.75) is 9.92 Å². The highest BCUT2D eigenvalue weighted by Crippen LogP contribution is 2.32. The molecular formula is C14H13N3S. The van der Waals surface area contributed by atoms with Gasteiger partial charge in [0.1, 0.15) is 16.7 Å². The highest BCUT2D eigenvalue weighted by atomic mass is 32.2. The fourth-order valence-electron chi connectivity index (χ4n) is 1.59. The molecule has 0 N–H and O–H groups in total. The minimum absolute atomic E-state index is 0.622. The van der Waals surface area contributed by atoms with Crippen molar-refractivity contribution >= 4 is 17.4 Å². The Kier molecular flexibility index (Phi) is 3.85. The Bertz CT molecular complexity index is 573. The van der Waals surface area contributed by atoms with Crippen molar-refractivity contribution in [2.24, 2.45) is 0 Å². The van der Waals surface area contributed by atoms with Crippen molar-refractivity contribution in [2.75, 3.05) is 19.0 Å². The number of aromatic nitrogens is 1. The monoisotopic (exact) mass is 255 g/mol. The molecule has 3 nitrogen and oxygen atoms in total. The molecule has 90 valence electrons. The van der Waals surface area contributed by atoms with Gasteiger partial charge in [0, 0.05) is 25.2 Å². The summed E-state index contributed by atoms with van der Waals surface area (Å²) in [7, 11) is 3.85. The van der Waals surface area contributed by atoms with Crippen LogP contribution in [0.2, 0.25) is 0 Å². The highest BCUT2D eigenvalue weighted by molar-refractivity contribution is 7.99. The van der Waals surface area contributed by atoms with Crippen LogP contribution in [-0.2, 0) is 0 Å². The summed E-state index contributed by atoms with van der Waals surface area (Å²) in [5, 5.41) is 10.0. The molecule has 0 spiro atoms. The Morgan fingerprint density at radius 1 is 1.17 bits per heavy atom. The van der Waals surface area contributed by atoms with Gasteiger partial charge in [0.15, 0.2) is 0 Å². The van der Waals surface area contributed by atoms with Crippen molar-refractivity contribution in [3.8, 4) is 6.07 Å². The van der Waals surface area contributed by atoms with Gasteiger partial charge in [-0.3, -0.25) is 0 Å². The van der Waals surface area contributed by atoms with Gasteiger partial charge in [0.25, 0.3) is 0 Å². The zero-order chi connectivity index (χ0) is 13.0. The lowest BCUT2D eigenvalue weighted by Gasteiger charge is -2.15. The molecule has 0 amide bonds. The largest absolute Gasteiger partial charge is 0.376 e. The van der Waals surface area contributed by atoms with Crippen LogP contribution >= 0.6 is 11.8 Å². The lowest BCUT2D eigenvalue weighted by atomic mass is 10.2. The van der Waals surface area contributed by atoms with E-state index in [0.717, 1.165) is 15.6 Å². The van der Waals surface area contributed by atoms with Gasteiger partial charge >= 0.3 is 0 Å². The van der Waals surface area contributed by atoms with E-state index in [0.29, 0.717) is 5.56 Å². The smallest absolute Gasteiger partial charge is 0.121 e. The molecule has 0 radical (unpaired) electrons. The second kappa shape index (κ2) is 5.56. The van der Waals surface area contributed by atoms with Gasteiger partial charge in [-0.2, -0.15) is 5.26 Å². The molecule has 0 fully saturated rings. The van der Waals surface area contributed by atoms with Crippen LogP contribution in [0.4, 0.5) is 5.69 Å². The molecule has 0 unspecified atom stereocenters. The molecule has 2 aromatic rings. The lowest BCUT2D eigenvalue weighted by molar-refractivity contribution is 1.05. The number of nitriles is 1. The summed E-state index contributed by atoms with van der Waals surface area (Å²) in [6.45, 7) is 0. The molecule has 1 aromatic heterocycles. The number of hydrogen-bond acceptors (Lipinski definition) is 4. The number of anilines is 1. The lowest BCUT2D eigenvalue weighted by Crippen LogP contribution is -2.11. The Morgan fingerprint density at radius 2 is 1.89 bits per heavy atom. The second-order valence-electron chi connectivity index (χ2n) is 3.93. The standard InChI is InChI=1S/C14H13N3S/c1-17(2)13-8-9-16-14(12(13)10-15)18-11-6-4-3-5-7-11/h3-9H,1-2H3. The first-order valence-electron chi connectivity index (χ1n) is 5.51. The fourth-order valence-corrected chi connectivity index (χ4v) is 2.47. The molecule has 0 bridgehead atoms. The zero-order valence-electron chi connectivity index (χ0n) is 10.3. The maximum absolute atomic E-state index is 9.30. The molecular weight excluding hydrogens is 242 g/mol. The van der Waals surface area contributed by atoms with Crippen LogP contribution < -0.4 is 4.90 Å². The molecule has 0 atom stereocenters. The fraction of sp³-hybridized carbons (Fsp3) is 0.143. The highest BCUT2D eigenvalue weighted by Gasteiger charge is 2.11. The van der Waals surface area contributed by atoms with E-state index in [1.54, 1.807) is 6.20 Å². The van der Waals surface area contributed by atoms with Crippen LogP contribution in [0.3, 0.4) is 0 Å². The third kappa shape index (κ3) is 2.63. The average molecular weight is 255 g/mol. The molecule has 0 saturated heterocycles. The summed E-state index contributed by atoms with van der Waals surface area (Å²) in [5.74, 6) is 0. The SMILES string of the molecule is CN(C)c1ccnc(Sc2ccccc2)c1C#N. The summed E-state index contributed by atoms with van der Waals surface area (Å²) in [6, 6.07) is 14.0. The molecule has 0 aliphatic carbocycles. The number of pyridine rings is 1. The third-order valence-corrected chi connectivity index (χ3v) is 3.46. The molecule has 0 aliphatic heterocycles. The van der Waals surface area contributed by atoms with Gasteiger partial charge in [-0.15, -0.1) is 0 Å². The summed E-state index contributed by atoms with van der Waals surface area (Å²) in [6.07, 6.45) is 1.74. The number of benzene rings is 1. The Balaban J connectivity index is 2.40. The van der Waals surface area contributed by atoms with E-state index in [-0.39, 0.29) is 0 Å². The van der Waals surface area contributed by atoms with E-state index in [4.69, 9.17) is 0 Å². The van der Waals surface area contributed by atoms with Gasteiger partial charge in [0.05, 0.1) is 5.69 Å². The van der Waals surface area contributed by atoms with Crippen LogP contribution in [0.1, 0.15) is 5.56 Å². The summed E-state index contributed by atoms with van der Waals surface area (Å²) in [5.41, 5.74) is 1.52. The number of nitrogens with zero attached hydrogens (tertiary/aromatic N) is 3. The molecule has 1 heterocycles. The average Bonchev–Trinajstić information content (AvgIpc) is 2.39. The maximum atomic E-state index is 9.30. The first kappa shape index (κ1) is 12.5. The van der Waals surface area contributed by atoms with Crippen molar-refractivity contribution in [1.82, 2.24) is 4.98 Å². The van der Waals surface area contributed by atoms with Crippen molar-refractivity contribution in [3.63, 3.8) is 0 Å². The van der Waals surface area contributed by atoms with Gasteiger partial charge in [-0.25, -0.2) is 4.98 Å². The molecule has 4 heteroatoms. The predicted octanol–water partition coefficient (Wildman–Crippen LogP) is 3.17. The summed E-state index contributed by atoms with van der Waals surface area (Å²) in [4.78, 5) is 7.31. The maximum Gasteiger partial charge on any atom is 0.121 e. The van der Waals surface area contributed by atoms with Gasteiger partial charge < -0.3 is 4.90 Å². The first-order valence-corrected chi connectivity index (χ1v) is 6.33. The van der Waals surface area contributed by atoms with E-state index in [1.807, 2.05) is 55.4 Å². The molecule has 18 heavy (non-hydrogen) atoms. The Hall–Kier alpha value is -1.99. The Morgan fingerprint density at radius 3 is 2.50 bits per heavy atom. The van der Waals surface area contributed by atoms with Crippen LogP contribution in [0, 0.1) is 11.3 Å². The normalized spacial score (nSPS) is 9.83.